The second-order valence-electron chi connectivity index (χ2n) is 7.00. The summed E-state index contributed by atoms with van der Waals surface area (Å²) in [7, 11) is -3.05. The standard InChI is InChI=1S/C19H23ClN2O3S/c1-13-10-18(14(2)22(13)16-6-4-15(20)5-7-16)19(23)12-21-9-8-17(11-21)26(3,24)25/h4-7,10,17H,8-9,11-12H2,1-3H3. The number of aromatic nitrogens is 1. The van der Waals surface area contributed by atoms with Crippen LogP contribution in [0, 0.1) is 13.8 Å². The Bertz CT molecular complexity index is 932. The summed E-state index contributed by atoms with van der Waals surface area (Å²) in [6.45, 7) is 5.21. The van der Waals surface area contributed by atoms with Crippen molar-refractivity contribution in [1.82, 2.24) is 9.47 Å². The van der Waals surface area contributed by atoms with Crippen molar-refractivity contribution in [3.8, 4) is 5.69 Å². The number of hydrogen-bond donors (Lipinski definition) is 0. The van der Waals surface area contributed by atoms with Gasteiger partial charge in [0.05, 0.1) is 11.8 Å². The van der Waals surface area contributed by atoms with Crippen molar-refractivity contribution < 1.29 is 13.2 Å². The fraction of sp³-hybridized carbons (Fsp3) is 0.421. The highest BCUT2D eigenvalue weighted by Crippen LogP contribution is 2.23. The zero-order chi connectivity index (χ0) is 19.1. The van der Waals surface area contributed by atoms with E-state index >= 15 is 0 Å². The molecule has 1 aromatic carbocycles. The molecule has 1 aliphatic heterocycles. The molecule has 2 heterocycles. The molecule has 1 unspecified atom stereocenters. The molecule has 26 heavy (non-hydrogen) atoms. The first-order chi connectivity index (χ1) is 12.2. The van der Waals surface area contributed by atoms with Crippen LogP contribution in [0.3, 0.4) is 0 Å². The van der Waals surface area contributed by atoms with E-state index in [2.05, 4.69) is 0 Å². The summed E-state index contributed by atoms with van der Waals surface area (Å²) in [6.07, 6.45) is 1.86. The maximum atomic E-state index is 12.8. The summed E-state index contributed by atoms with van der Waals surface area (Å²) in [5.74, 6) is 0.0208. The molecule has 0 spiro atoms. The third-order valence-electron chi connectivity index (χ3n) is 5.02. The molecule has 1 fully saturated rings. The van der Waals surface area contributed by atoms with Gasteiger partial charge in [-0.25, -0.2) is 8.42 Å². The van der Waals surface area contributed by atoms with Gasteiger partial charge in [0.15, 0.2) is 15.6 Å². The van der Waals surface area contributed by atoms with Crippen LogP contribution in [-0.4, -0.2) is 54.8 Å². The van der Waals surface area contributed by atoms with Gasteiger partial charge < -0.3 is 4.57 Å². The van der Waals surface area contributed by atoms with E-state index < -0.39 is 9.84 Å². The van der Waals surface area contributed by atoms with E-state index in [4.69, 9.17) is 11.6 Å². The number of rotatable bonds is 5. The molecule has 0 N–H and O–H groups in total. The van der Waals surface area contributed by atoms with Crippen LogP contribution >= 0.6 is 11.6 Å². The number of likely N-dealkylation sites (tertiary alicyclic amines) is 1. The van der Waals surface area contributed by atoms with Crippen molar-refractivity contribution >= 4 is 27.2 Å². The van der Waals surface area contributed by atoms with E-state index in [1.54, 1.807) is 0 Å². The Hall–Kier alpha value is -1.63. The van der Waals surface area contributed by atoms with E-state index in [-0.39, 0.29) is 17.6 Å². The monoisotopic (exact) mass is 394 g/mol. The maximum Gasteiger partial charge on any atom is 0.178 e. The number of ketones is 1. The van der Waals surface area contributed by atoms with Crippen molar-refractivity contribution in [1.29, 1.82) is 0 Å². The third kappa shape index (κ3) is 3.87. The minimum atomic E-state index is -3.05. The first kappa shape index (κ1) is 19.1. The minimum absolute atomic E-state index is 0.0208. The molecule has 1 atom stereocenters. The Morgan fingerprint density at radius 3 is 2.46 bits per heavy atom. The van der Waals surface area contributed by atoms with Crippen LogP contribution in [0.1, 0.15) is 28.2 Å². The number of hydrogen-bond acceptors (Lipinski definition) is 4. The van der Waals surface area contributed by atoms with Crippen molar-refractivity contribution in [3.63, 3.8) is 0 Å². The lowest BCUT2D eigenvalue weighted by molar-refractivity contribution is 0.0944. The molecule has 5 nitrogen and oxygen atoms in total. The molecular formula is C19H23ClN2O3S. The summed E-state index contributed by atoms with van der Waals surface area (Å²) in [5.41, 5.74) is 3.50. The van der Waals surface area contributed by atoms with E-state index in [9.17, 15) is 13.2 Å². The van der Waals surface area contributed by atoms with Gasteiger partial charge in [0.2, 0.25) is 0 Å². The van der Waals surface area contributed by atoms with Crippen LogP contribution in [0.2, 0.25) is 5.02 Å². The first-order valence-corrected chi connectivity index (χ1v) is 10.9. The first-order valence-electron chi connectivity index (χ1n) is 8.56. The van der Waals surface area contributed by atoms with E-state index in [0.29, 0.717) is 30.1 Å². The number of aryl methyl sites for hydroxylation is 1. The zero-order valence-corrected chi connectivity index (χ0v) is 16.8. The predicted molar refractivity (Wildman–Crippen MR) is 104 cm³/mol. The fourth-order valence-corrected chi connectivity index (χ4v) is 4.75. The van der Waals surface area contributed by atoms with E-state index in [0.717, 1.165) is 17.1 Å². The van der Waals surface area contributed by atoms with Gasteiger partial charge in [0.25, 0.3) is 0 Å². The molecule has 0 amide bonds. The summed E-state index contributed by atoms with van der Waals surface area (Å²) >= 11 is 5.96. The van der Waals surface area contributed by atoms with Crippen molar-refractivity contribution in [2.45, 2.75) is 25.5 Å². The molecule has 0 bridgehead atoms. The lowest BCUT2D eigenvalue weighted by Crippen LogP contribution is -2.30. The quantitative estimate of drug-likeness (QED) is 0.731. The van der Waals surface area contributed by atoms with Gasteiger partial charge in [0.1, 0.15) is 0 Å². The van der Waals surface area contributed by atoms with Crippen LogP contribution in [0.4, 0.5) is 0 Å². The number of sulfone groups is 1. The van der Waals surface area contributed by atoms with Gasteiger partial charge >= 0.3 is 0 Å². The molecule has 0 radical (unpaired) electrons. The van der Waals surface area contributed by atoms with Crippen LogP contribution in [0.5, 0.6) is 0 Å². The number of halogens is 1. The number of carbonyl (C=O) groups is 1. The van der Waals surface area contributed by atoms with Crippen molar-refractivity contribution in [3.05, 3.63) is 52.3 Å². The van der Waals surface area contributed by atoms with E-state index in [1.165, 1.54) is 6.26 Å². The van der Waals surface area contributed by atoms with Crippen LogP contribution in [0.15, 0.2) is 30.3 Å². The normalized spacial score (nSPS) is 18.4. The smallest absolute Gasteiger partial charge is 0.178 e. The minimum Gasteiger partial charge on any atom is -0.318 e. The Balaban J connectivity index is 1.79. The van der Waals surface area contributed by atoms with E-state index in [1.807, 2.05) is 53.6 Å². The lowest BCUT2D eigenvalue weighted by atomic mass is 10.1. The van der Waals surface area contributed by atoms with Gasteiger partial charge in [-0.1, -0.05) is 11.6 Å². The summed E-state index contributed by atoms with van der Waals surface area (Å²) in [6, 6.07) is 9.40. The van der Waals surface area contributed by atoms with Crippen LogP contribution < -0.4 is 0 Å². The molecular weight excluding hydrogens is 372 g/mol. The molecule has 1 saturated heterocycles. The molecule has 7 heteroatoms. The van der Waals surface area contributed by atoms with Crippen LogP contribution in [-0.2, 0) is 9.84 Å². The predicted octanol–water partition coefficient (Wildman–Crippen LogP) is 3.05. The largest absolute Gasteiger partial charge is 0.318 e. The number of Topliss-reactive ketones (excluding diaryl/α,β-unsaturated/α-hetero) is 1. The average molecular weight is 395 g/mol. The summed E-state index contributed by atoms with van der Waals surface area (Å²) in [4.78, 5) is 14.7. The second-order valence-corrected chi connectivity index (χ2v) is 9.76. The molecule has 0 saturated carbocycles. The highest BCUT2D eigenvalue weighted by molar-refractivity contribution is 7.91. The second kappa shape index (κ2) is 7.18. The molecule has 1 aliphatic rings. The average Bonchev–Trinajstić information content (AvgIpc) is 3.13. The van der Waals surface area contributed by atoms with Gasteiger partial charge in [-0.05, 0) is 57.1 Å². The SMILES string of the molecule is Cc1cc(C(=O)CN2CCC(S(C)(=O)=O)C2)c(C)n1-c1ccc(Cl)cc1. The van der Waals surface area contributed by atoms with Gasteiger partial charge in [-0.15, -0.1) is 0 Å². The number of nitrogens with zero attached hydrogens (tertiary/aromatic N) is 2. The van der Waals surface area contributed by atoms with Crippen molar-refractivity contribution in [2.75, 3.05) is 25.9 Å². The maximum absolute atomic E-state index is 12.8. The highest BCUT2D eigenvalue weighted by atomic mass is 35.5. The Morgan fingerprint density at radius 2 is 1.88 bits per heavy atom. The molecule has 1 aromatic heterocycles. The fourth-order valence-electron chi connectivity index (χ4n) is 3.61. The molecule has 0 aliphatic carbocycles. The third-order valence-corrected chi connectivity index (χ3v) is 6.87. The molecule has 140 valence electrons. The zero-order valence-electron chi connectivity index (χ0n) is 15.2. The highest BCUT2D eigenvalue weighted by Gasteiger charge is 2.31. The number of benzene rings is 1. The van der Waals surface area contributed by atoms with Gasteiger partial charge in [-0.3, -0.25) is 9.69 Å². The van der Waals surface area contributed by atoms with Gasteiger partial charge in [0, 0.05) is 40.5 Å². The molecule has 2 aromatic rings. The Labute approximate surface area is 159 Å². The Kier molecular flexibility index (Phi) is 5.28. The summed E-state index contributed by atoms with van der Waals surface area (Å²) in [5, 5.41) is 0.304. The summed E-state index contributed by atoms with van der Waals surface area (Å²) < 4.78 is 25.4. The Morgan fingerprint density at radius 1 is 1.23 bits per heavy atom. The molecule has 3 rings (SSSR count). The van der Waals surface area contributed by atoms with Crippen molar-refractivity contribution in [2.24, 2.45) is 0 Å². The van der Waals surface area contributed by atoms with Gasteiger partial charge in [-0.2, -0.15) is 0 Å². The lowest BCUT2D eigenvalue weighted by Gasteiger charge is -2.15. The van der Waals surface area contributed by atoms with Crippen LogP contribution in [0.25, 0.3) is 5.69 Å². The number of carbonyl (C=O) groups excluding carboxylic acids is 1. The topological polar surface area (TPSA) is 59.4 Å².